The Bertz CT molecular complexity index is 976. The van der Waals surface area contributed by atoms with E-state index in [2.05, 4.69) is 15.6 Å². The minimum absolute atomic E-state index is 0.159. The van der Waals surface area contributed by atoms with Crippen molar-refractivity contribution >= 4 is 23.3 Å². The van der Waals surface area contributed by atoms with E-state index in [1.807, 2.05) is 0 Å². The molecule has 8 nitrogen and oxygen atoms in total. The number of aromatic nitrogens is 2. The first-order valence-corrected chi connectivity index (χ1v) is 8.68. The van der Waals surface area contributed by atoms with Crippen molar-refractivity contribution in [1.29, 1.82) is 0 Å². The van der Waals surface area contributed by atoms with Crippen molar-refractivity contribution in [2.24, 2.45) is 0 Å². The molecular formula is C19H18ClN3O5. The smallest absolute Gasteiger partial charge is 0.266 e. The van der Waals surface area contributed by atoms with E-state index in [4.69, 9.17) is 30.4 Å². The molecule has 0 radical (unpaired) electrons. The van der Waals surface area contributed by atoms with Gasteiger partial charge in [-0.1, -0.05) is 23.7 Å². The third-order valence-corrected chi connectivity index (χ3v) is 4.21. The molecule has 28 heavy (non-hydrogen) atoms. The predicted octanol–water partition coefficient (Wildman–Crippen LogP) is 3.81. The van der Waals surface area contributed by atoms with Crippen molar-refractivity contribution in [3.8, 4) is 28.5 Å². The summed E-state index contributed by atoms with van der Waals surface area (Å²) in [6.07, 6.45) is -0.824. The van der Waals surface area contributed by atoms with E-state index in [1.54, 1.807) is 56.5 Å². The van der Waals surface area contributed by atoms with E-state index in [1.165, 1.54) is 7.11 Å². The lowest BCUT2D eigenvalue weighted by atomic mass is 10.1. The normalized spacial score (nSPS) is 11.6. The van der Waals surface area contributed by atoms with Crippen LogP contribution in [0.1, 0.15) is 6.92 Å². The van der Waals surface area contributed by atoms with Crippen LogP contribution in [0.2, 0.25) is 5.02 Å². The maximum atomic E-state index is 12.5. The minimum Gasteiger partial charge on any atom is -0.493 e. The number of carbonyl (C=O) groups is 1. The summed E-state index contributed by atoms with van der Waals surface area (Å²) >= 11 is 6.06. The van der Waals surface area contributed by atoms with Crippen molar-refractivity contribution in [3.63, 3.8) is 0 Å². The number of carbonyl (C=O) groups excluding carboxylic acids is 1. The Balaban J connectivity index is 1.77. The Morgan fingerprint density at radius 3 is 2.54 bits per heavy atom. The Kier molecular flexibility index (Phi) is 6.00. The van der Waals surface area contributed by atoms with Gasteiger partial charge in [0.1, 0.15) is 5.75 Å². The zero-order chi connectivity index (χ0) is 20.1. The highest BCUT2D eigenvalue weighted by molar-refractivity contribution is 6.32. The number of ether oxygens (including phenoxy) is 3. The van der Waals surface area contributed by atoms with Gasteiger partial charge in [0.05, 0.1) is 19.2 Å². The predicted molar refractivity (Wildman–Crippen MR) is 103 cm³/mol. The number of para-hydroxylation sites is 1. The third kappa shape index (κ3) is 4.17. The first-order valence-electron chi connectivity index (χ1n) is 8.30. The summed E-state index contributed by atoms with van der Waals surface area (Å²) < 4.78 is 20.9. The molecule has 146 valence electrons. The van der Waals surface area contributed by atoms with Crippen molar-refractivity contribution < 1.29 is 23.6 Å². The number of nitrogens with one attached hydrogen (secondary N) is 1. The van der Waals surface area contributed by atoms with Gasteiger partial charge in [0, 0.05) is 5.56 Å². The summed E-state index contributed by atoms with van der Waals surface area (Å²) in [5.74, 6) is 1.21. The van der Waals surface area contributed by atoms with Gasteiger partial charge in [0.25, 0.3) is 5.91 Å². The summed E-state index contributed by atoms with van der Waals surface area (Å²) in [5, 5.41) is 10.7. The van der Waals surface area contributed by atoms with Gasteiger partial charge in [0.2, 0.25) is 5.82 Å². The molecule has 3 aromatic rings. The van der Waals surface area contributed by atoms with E-state index in [0.29, 0.717) is 33.5 Å². The van der Waals surface area contributed by atoms with Gasteiger partial charge in [-0.05, 0) is 47.6 Å². The Hall–Kier alpha value is -3.26. The molecule has 1 amide bonds. The molecule has 0 aliphatic heterocycles. The molecule has 1 aromatic heterocycles. The number of hydrogen-bond donors (Lipinski definition) is 1. The van der Waals surface area contributed by atoms with E-state index < -0.39 is 12.0 Å². The zero-order valence-electron chi connectivity index (χ0n) is 15.4. The SMILES string of the molecule is COc1ccc(-c2nonc2NC(=O)C(C)Oc2ccccc2Cl)cc1OC. The van der Waals surface area contributed by atoms with Gasteiger partial charge < -0.3 is 19.5 Å². The van der Waals surface area contributed by atoms with Crippen LogP contribution in [0.4, 0.5) is 5.82 Å². The Morgan fingerprint density at radius 2 is 1.82 bits per heavy atom. The van der Waals surface area contributed by atoms with Crippen molar-refractivity contribution in [3.05, 3.63) is 47.5 Å². The topological polar surface area (TPSA) is 95.7 Å². The molecular weight excluding hydrogens is 386 g/mol. The molecule has 1 unspecified atom stereocenters. The van der Waals surface area contributed by atoms with Crippen LogP contribution in [-0.2, 0) is 4.79 Å². The van der Waals surface area contributed by atoms with Crippen molar-refractivity contribution in [2.45, 2.75) is 13.0 Å². The molecule has 0 saturated carbocycles. The number of nitrogens with zero attached hydrogens (tertiary/aromatic N) is 2. The highest BCUT2D eigenvalue weighted by Gasteiger charge is 2.21. The second kappa shape index (κ2) is 8.62. The fourth-order valence-electron chi connectivity index (χ4n) is 2.45. The zero-order valence-corrected chi connectivity index (χ0v) is 16.2. The van der Waals surface area contributed by atoms with Crippen LogP contribution in [0.3, 0.4) is 0 Å². The Labute approximate surface area is 166 Å². The first kappa shape index (κ1) is 19.5. The maximum absolute atomic E-state index is 12.5. The number of rotatable bonds is 7. The van der Waals surface area contributed by atoms with Gasteiger partial charge in [-0.3, -0.25) is 4.79 Å². The molecule has 1 heterocycles. The molecule has 0 aliphatic carbocycles. The van der Waals surface area contributed by atoms with Crippen LogP contribution in [0.5, 0.6) is 17.2 Å². The maximum Gasteiger partial charge on any atom is 0.266 e. The highest BCUT2D eigenvalue weighted by Crippen LogP contribution is 2.34. The molecule has 0 bridgehead atoms. The van der Waals surface area contributed by atoms with Crippen LogP contribution < -0.4 is 19.5 Å². The summed E-state index contributed by atoms with van der Waals surface area (Å²) in [6.45, 7) is 1.60. The molecule has 9 heteroatoms. The summed E-state index contributed by atoms with van der Waals surface area (Å²) in [5.41, 5.74) is 0.980. The highest BCUT2D eigenvalue weighted by atomic mass is 35.5. The lowest BCUT2D eigenvalue weighted by Gasteiger charge is -2.15. The van der Waals surface area contributed by atoms with Crippen LogP contribution in [-0.4, -0.2) is 36.5 Å². The quantitative estimate of drug-likeness (QED) is 0.640. The standard InChI is InChI=1S/C19H18ClN3O5/c1-11(27-14-7-5-4-6-13(14)20)19(24)21-18-17(22-28-23-18)12-8-9-15(25-2)16(10-12)26-3/h4-11H,1-3H3,(H,21,23,24). The van der Waals surface area contributed by atoms with Crippen molar-refractivity contribution in [2.75, 3.05) is 19.5 Å². The molecule has 0 spiro atoms. The fourth-order valence-corrected chi connectivity index (χ4v) is 2.63. The average Bonchev–Trinajstić information content (AvgIpc) is 3.17. The van der Waals surface area contributed by atoms with E-state index >= 15 is 0 Å². The third-order valence-electron chi connectivity index (χ3n) is 3.90. The molecule has 2 aromatic carbocycles. The van der Waals surface area contributed by atoms with Crippen LogP contribution >= 0.6 is 11.6 Å². The largest absolute Gasteiger partial charge is 0.493 e. The molecule has 0 fully saturated rings. The summed E-state index contributed by atoms with van der Waals surface area (Å²) in [6, 6.07) is 12.1. The van der Waals surface area contributed by atoms with Crippen LogP contribution in [0.15, 0.2) is 47.1 Å². The monoisotopic (exact) mass is 403 g/mol. The first-order chi connectivity index (χ1) is 13.5. The second-order valence-electron chi connectivity index (χ2n) is 5.71. The number of amides is 1. The number of halogens is 1. The van der Waals surface area contributed by atoms with Gasteiger partial charge in [-0.15, -0.1) is 0 Å². The summed E-state index contributed by atoms with van der Waals surface area (Å²) in [4.78, 5) is 12.5. The van der Waals surface area contributed by atoms with Crippen LogP contribution in [0.25, 0.3) is 11.3 Å². The lowest BCUT2D eigenvalue weighted by molar-refractivity contribution is -0.122. The molecule has 0 aliphatic rings. The Morgan fingerprint density at radius 1 is 1.07 bits per heavy atom. The number of benzene rings is 2. The summed E-state index contributed by atoms with van der Waals surface area (Å²) in [7, 11) is 3.07. The van der Waals surface area contributed by atoms with Crippen LogP contribution in [0, 0.1) is 0 Å². The second-order valence-corrected chi connectivity index (χ2v) is 6.12. The van der Waals surface area contributed by atoms with Crippen molar-refractivity contribution in [1.82, 2.24) is 10.3 Å². The van der Waals surface area contributed by atoms with E-state index in [-0.39, 0.29) is 5.82 Å². The number of anilines is 1. The van der Waals surface area contributed by atoms with Gasteiger partial charge in [-0.2, -0.15) is 0 Å². The minimum atomic E-state index is -0.824. The average molecular weight is 404 g/mol. The lowest BCUT2D eigenvalue weighted by Crippen LogP contribution is -2.30. The van der Waals surface area contributed by atoms with Gasteiger partial charge in [-0.25, -0.2) is 4.63 Å². The van der Waals surface area contributed by atoms with E-state index in [9.17, 15) is 4.79 Å². The van der Waals surface area contributed by atoms with Gasteiger partial charge in [0.15, 0.2) is 23.3 Å². The molecule has 1 N–H and O–H groups in total. The number of hydrogen-bond acceptors (Lipinski definition) is 7. The van der Waals surface area contributed by atoms with Gasteiger partial charge >= 0.3 is 0 Å². The number of methoxy groups -OCH3 is 2. The fraction of sp³-hybridized carbons (Fsp3) is 0.211. The van der Waals surface area contributed by atoms with E-state index in [0.717, 1.165) is 0 Å². The molecule has 0 saturated heterocycles. The molecule has 1 atom stereocenters. The molecule has 3 rings (SSSR count).